The summed E-state index contributed by atoms with van der Waals surface area (Å²) in [7, 11) is 1.44. The summed E-state index contributed by atoms with van der Waals surface area (Å²) in [5.41, 5.74) is 1.49. The van der Waals surface area contributed by atoms with Crippen LogP contribution in [0.1, 0.15) is 48.5 Å². The van der Waals surface area contributed by atoms with Crippen LogP contribution in [-0.2, 0) is 0 Å². The topological polar surface area (TPSA) is 6.48 Å². The van der Waals surface area contributed by atoms with E-state index in [0.29, 0.717) is 5.16 Å². The number of rotatable bonds is 6. The van der Waals surface area contributed by atoms with Crippen LogP contribution in [0.25, 0.3) is 0 Å². The van der Waals surface area contributed by atoms with Crippen LogP contribution >= 0.6 is 8.20 Å². The summed E-state index contributed by atoms with van der Waals surface area (Å²) in [5, 5.41) is 0.334. The smallest absolute Gasteiger partial charge is 0.0869 e. The molecule has 0 spiro atoms. The normalized spacial score (nSPS) is 12.8. The number of hydrogen-bond donors (Lipinski definition) is 0. The second kappa shape index (κ2) is 7.42. The van der Waals surface area contributed by atoms with E-state index in [0.717, 1.165) is 26.2 Å². The van der Waals surface area contributed by atoms with Gasteiger partial charge in [-0.25, -0.2) is 0 Å². The van der Waals surface area contributed by atoms with Gasteiger partial charge in [0.1, 0.15) is 0 Å². The number of nitrogens with zero attached hydrogens (tertiary/aromatic N) is 2. The summed E-state index contributed by atoms with van der Waals surface area (Å²) in [4.78, 5) is 4.97. The molecule has 3 heteroatoms. The highest BCUT2D eigenvalue weighted by Gasteiger charge is 2.18. The van der Waals surface area contributed by atoms with Crippen LogP contribution in [0.2, 0.25) is 0 Å². The lowest BCUT2D eigenvalue weighted by molar-refractivity contribution is 0.362. The molecule has 16 heavy (non-hydrogen) atoms. The van der Waals surface area contributed by atoms with Gasteiger partial charge in [0.15, 0.2) is 0 Å². The van der Waals surface area contributed by atoms with Gasteiger partial charge in [-0.1, -0.05) is 56.7 Å². The molecule has 0 unspecified atom stereocenters. The Hall–Kier alpha value is 0.0900. The first kappa shape index (κ1) is 16.1. The average Bonchev–Trinajstić information content (AvgIpc) is 2.19. The van der Waals surface area contributed by atoms with Gasteiger partial charge in [0, 0.05) is 31.3 Å². The van der Waals surface area contributed by atoms with Crippen molar-refractivity contribution in [1.82, 2.24) is 9.80 Å². The molecule has 0 N–H and O–H groups in total. The molecule has 0 aromatic carbocycles. The van der Waals surface area contributed by atoms with Gasteiger partial charge in [0.2, 0.25) is 0 Å². The van der Waals surface area contributed by atoms with Gasteiger partial charge in [-0.3, -0.25) is 9.80 Å². The van der Waals surface area contributed by atoms with Crippen molar-refractivity contribution >= 4 is 13.7 Å². The molecule has 0 rings (SSSR count). The van der Waals surface area contributed by atoms with E-state index < -0.39 is 0 Å². The van der Waals surface area contributed by atoms with Crippen molar-refractivity contribution in [1.29, 1.82) is 0 Å². The Morgan fingerprint density at radius 1 is 0.812 bits per heavy atom. The molecular weight excluding hydrogens is 215 g/mol. The fraction of sp³-hybridized carbons (Fsp3) is 0.923. The van der Waals surface area contributed by atoms with Gasteiger partial charge in [-0.05, 0) is 0 Å². The number of hydrogen-bond acceptors (Lipinski definition) is 0. The predicted octanol–water partition coefficient (Wildman–Crippen LogP) is 3.50. The van der Waals surface area contributed by atoms with E-state index in [4.69, 9.17) is 0 Å². The zero-order valence-corrected chi connectivity index (χ0v) is 13.1. The molecule has 2 nitrogen and oxygen atoms in total. The molecule has 0 saturated carbocycles. The Morgan fingerprint density at radius 3 is 1.31 bits per heavy atom. The first-order valence-corrected chi connectivity index (χ1v) is 7.38. The second-order valence-electron chi connectivity index (χ2n) is 4.93. The molecular formula is C13H29N2P. The third kappa shape index (κ3) is 5.43. The highest BCUT2D eigenvalue weighted by molar-refractivity contribution is 7.41. The minimum absolute atomic E-state index is 0.334. The molecule has 0 aliphatic carbocycles. The molecule has 0 aliphatic rings. The van der Waals surface area contributed by atoms with E-state index in [2.05, 4.69) is 58.3 Å². The van der Waals surface area contributed by atoms with Crippen LogP contribution < -0.4 is 0 Å². The van der Waals surface area contributed by atoms with Crippen LogP contribution in [-0.4, -0.2) is 46.7 Å². The van der Waals surface area contributed by atoms with E-state index >= 15 is 0 Å². The predicted molar refractivity (Wildman–Crippen MR) is 77.5 cm³/mol. The zero-order valence-electron chi connectivity index (χ0n) is 12.2. The van der Waals surface area contributed by atoms with Crippen molar-refractivity contribution in [3.63, 3.8) is 0 Å². The van der Waals surface area contributed by atoms with Gasteiger partial charge in [-0.15, -0.1) is 0 Å². The quantitative estimate of drug-likeness (QED) is 0.660. The van der Waals surface area contributed by atoms with Gasteiger partial charge in [-0.2, -0.15) is 0 Å². The molecule has 0 amide bonds. The Morgan fingerprint density at radius 2 is 1.12 bits per heavy atom. The SMILES string of the molecule is CCN(CC)C(=PC(C)(C)C)N(CC)CC. The zero-order chi connectivity index (χ0) is 12.8. The minimum atomic E-state index is 0.334. The van der Waals surface area contributed by atoms with Crippen molar-refractivity contribution in [3.8, 4) is 0 Å². The van der Waals surface area contributed by atoms with Crippen molar-refractivity contribution in [2.75, 3.05) is 26.2 Å². The Labute approximate surface area is 104 Å². The lowest BCUT2D eigenvalue weighted by atomic mass is 10.3. The monoisotopic (exact) mass is 244 g/mol. The van der Waals surface area contributed by atoms with Crippen molar-refractivity contribution < 1.29 is 0 Å². The summed E-state index contributed by atoms with van der Waals surface area (Å²) in [6.45, 7) is 20.3. The maximum atomic E-state index is 2.49. The molecule has 0 aliphatic heterocycles. The van der Waals surface area contributed by atoms with E-state index in [1.165, 1.54) is 13.7 Å². The van der Waals surface area contributed by atoms with Crippen molar-refractivity contribution in [2.24, 2.45) is 0 Å². The molecule has 0 bridgehead atoms. The maximum Gasteiger partial charge on any atom is 0.0869 e. The largest absolute Gasteiger partial charge is 0.263 e. The standard InChI is InChI=1S/C13H29N2P/c1-8-14(9-2)12(15(10-3)11-4)16-13(5,6)7/h8-11H2,1-7H3. The Balaban J connectivity index is 5.10. The van der Waals surface area contributed by atoms with Crippen LogP contribution in [0.15, 0.2) is 0 Å². The average molecular weight is 244 g/mol. The van der Waals surface area contributed by atoms with E-state index in [-0.39, 0.29) is 0 Å². The summed E-state index contributed by atoms with van der Waals surface area (Å²) in [5.74, 6) is 0. The summed E-state index contributed by atoms with van der Waals surface area (Å²) < 4.78 is 0. The molecule has 96 valence electrons. The molecule has 0 radical (unpaired) electrons. The Kier molecular flexibility index (Phi) is 7.46. The van der Waals surface area contributed by atoms with Gasteiger partial charge in [0.25, 0.3) is 0 Å². The first-order chi connectivity index (χ1) is 7.39. The Bertz CT molecular complexity index is 196. The lowest BCUT2D eigenvalue weighted by Gasteiger charge is -2.32. The highest BCUT2D eigenvalue weighted by Crippen LogP contribution is 2.25. The van der Waals surface area contributed by atoms with Crippen LogP contribution in [0.3, 0.4) is 0 Å². The summed E-state index contributed by atoms with van der Waals surface area (Å²) >= 11 is 0. The third-order valence-electron chi connectivity index (χ3n) is 2.53. The van der Waals surface area contributed by atoms with Gasteiger partial charge >= 0.3 is 0 Å². The molecule has 0 fully saturated rings. The maximum absolute atomic E-state index is 2.49. The van der Waals surface area contributed by atoms with E-state index in [1.54, 1.807) is 0 Å². The molecule has 0 aromatic rings. The van der Waals surface area contributed by atoms with Crippen molar-refractivity contribution in [2.45, 2.75) is 53.6 Å². The molecule has 0 aromatic heterocycles. The van der Waals surface area contributed by atoms with E-state index in [1.807, 2.05) is 0 Å². The first-order valence-electron chi connectivity index (χ1n) is 6.49. The lowest BCUT2D eigenvalue weighted by Crippen LogP contribution is -2.43. The van der Waals surface area contributed by atoms with E-state index in [9.17, 15) is 0 Å². The van der Waals surface area contributed by atoms with Crippen LogP contribution in [0.5, 0.6) is 0 Å². The van der Waals surface area contributed by atoms with Crippen LogP contribution in [0.4, 0.5) is 0 Å². The van der Waals surface area contributed by atoms with Gasteiger partial charge in [0.05, 0.1) is 5.54 Å². The second-order valence-corrected chi connectivity index (χ2v) is 6.89. The highest BCUT2D eigenvalue weighted by atomic mass is 31.1. The molecule has 0 heterocycles. The minimum Gasteiger partial charge on any atom is -0.263 e. The molecule has 0 saturated heterocycles. The summed E-state index contributed by atoms with van der Waals surface area (Å²) in [6, 6.07) is 0. The molecule has 0 atom stereocenters. The third-order valence-corrected chi connectivity index (χ3v) is 3.96. The fourth-order valence-electron chi connectivity index (χ4n) is 1.65. The fourth-order valence-corrected chi connectivity index (χ4v) is 3.10. The van der Waals surface area contributed by atoms with Crippen LogP contribution in [0, 0.1) is 0 Å². The van der Waals surface area contributed by atoms with Gasteiger partial charge < -0.3 is 0 Å². The summed E-state index contributed by atoms with van der Waals surface area (Å²) in [6.07, 6.45) is 0. The van der Waals surface area contributed by atoms with Crippen molar-refractivity contribution in [3.05, 3.63) is 0 Å².